The van der Waals surface area contributed by atoms with Gasteiger partial charge in [0.05, 0.1) is 16.9 Å². The van der Waals surface area contributed by atoms with Crippen LogP contribution in [0.2, 0.25) is 0 Å². The maximum atomic E-state index is 8.89. The van der Waals surface area contributed by atoms with Crippen LogP contribution >= 0.6 is 0 Å². The minimum absolute atomic E-state index is 0.351. The molecule has 0 bridgehead atoms. The van der Waals surface area contributed by atoms with Gasteiger partial charge in [-0.1, -0.05) is 146 Å². The molecule has 0 fully saturated rings. The van der Waals surface area contributed by atoms with Crippen molar-refractivity contribution in [1.29, 1.82) is 5.41 Å². The Kier molecular flexibility index (Phi) is 7.93. The highest BCUT2D eigenvalue weighted by Gasteiger charge is 2.19. The topological polar surface area (TPSA) is 61.1 Å². The third-order valence-corrected chi connectivity index (χ3v) is 10.6. The lowest BCUT2D eigenvalue weighted by atomic mass is 9.84. The van der Waals surface area contributed by atoms with E-state index in [1.165, 1.54) is 49.0 Å². The van der Waals surface area contributed by atoms with Crippen LogP contribution in [0.25, 0.3) is 82.2 Å². The van der Waals surface area contributed by atoms with Crippen LogP contribution in [-0.2, 0) is 0 Å². The number of pyridine rings is 1. The molecule has 0 unspecified atom stereocenters. The van der Waals surface area contributed by atoms with E-state index < -0.39 is 0 Å². The Bertz CT molecular complexity index is 3020. The molecule has 0 saturated carbocycles. The van der Waals surface area contributed by atoms with E-state index >= 15 is 0 Å². The van der Waals surface area contributed by atoms with Gasteiger partial charge in [0.2, 0.25) is 0 Å². The monoisotopic (exact) mass is 702 g/mol. The van der Waals surface area contributed by atoms with Crippen molar-refractivity contribution in [3.8, 4) is 33.4 Å². The molecule has 55 heavy (non-hydrogen) atoms. The number of nitrogens with zero attached hydrogens (tertiary/aromatic N) is 2. The van der Waals surface area contributed by atoms with Crippen LogP contribution in [0.15, 0.2) is 199 Å². The second-order valence-corrected chi connectivity index (χ2v) is 13.9. The summed E-state index contributed by atoms with van der Waals surface area (Å²) in [5.74, 6) is 0. The van der Waals surface area contributed by atoms with Crippen LogP contribution in [0.5, 0.6) is 0 Å². The molecule has 1 heterocycles. The first kappa shape index (κ1) is 32.2. The Hall–Kier alpha value is -7.43. The van der Waals surface area contributed by atoms with E-state index in [0.717, 1.165) is 44.4 Å². The fraction of sp³-hybridized carbons (Fsp3) is 0. The lowest BCUT2D eigenvalue weighted by molar-refractivity contribution is 1.34. The smallest absolute Gasteiger partial charge is 0.108 e. The van der Waals surface area contributed by atoms with E-state index in [4.69, 9.17) is 5.41 Å². The summed E-state index contributed by atoms with van der Waals surface area (Å²) in [6, 6.07) is 59.9. The molecule has 0 saturated heterocycles. The molecule has 0 spiro atoms. The largest absolute Gasteiger partial charge is 0.299 e. The van der Waals surface area contributed by atoms with Crippen molar-refractivity contribution in [1.82, 2.24) is 4.98 Å². The lowest BCUT2D eigenvalue weighted by Crippen LogP contribution is -2.13. The SMILES string of the molecule is N=C1C=C(c2cccc(-c3c4ccccc4c(-c4cccc5ccccc45)c4ccccc34)c2)C=CC1=NNc1ccc(-c2cnc3ccccc3c2)cc1. The summed E-state index contributed by atoms with van der Waals surface area (Å²) in [6.07, 6.45) is 7.77. The van der Waals surface area contributed by atoms with Gasteiger partial charge in [-0.3, -0.25) is 15.8 Å². The van der Waals surface area contributed by atoms with Gasteiger partial charge in [0.1, 0.15) is 5.71 Å². The number of hydrogen-bond acceptors (Lipinski definition) is 4. The summed E-state index contributed by atoms with van der Waals surface area (Å²) in [7, 11) is 0. The van der Waals surface area contributed by atoms with Crippen molar-refractivity contribution in [2.45, 2.75) is 0 Å². The molecule has 1 aliphatic carbocycles. The Balaban J connectivity index is 0.957. The van der Waals surface area contributed by atoms with Gasteiger partial charge in [-0.05, 0) is 114 Å². The molecule has 2 N–H and O–H groups in total. The van der Waals surface area contributed by atoms with Crippen molar-refractivity contribution in [3.63, 3.8) is 0 Å². The third-order valence-electron chi connectivity index (χ3n) is 10.6. The standard InChI is InChI=1S/C51H34N4/c52-47-31-36(25-28-49(47)55-54-40-26-23-33(24-27-40)39-30-37-12-2-8-22-48(37)53-32-39)35-14-9-15-38(29-35)50-43-17-4-6-19-45(43)51(46-20-7-5-18-44(46)50)42-21-10-13-34-11-1-3-16-41(34)42/h1-32,52,54H. The molecule has 0 aliphatic heterocycles. The molecule has 258 valence electrons. The second-order valence-electron chi connectivity index (χ2n) is 13.9. The molecule has 10 rings (SSSR count). The molecular weight excluding hydrogens is 669 g/mol. The summed E-state index contributed by atoms with van der Waals surface area (Å²) in [4.78, 5) is 4.61. The molecular formula is C51H34N4. The third kappa shape index (κ3) is 5.87. The van der Waals surface area contributed by atoms with Gasteiger partial charge >= 0.3 is 0 Å². The first-order chi connectivity index (χ1) is 27.2. The summed E-state index contributed by atoms with van der Waals surface area (Å²) in [5.41, 5.74) is 14.9. The number of allylic oxidation sites excluding steroid dienone is 4. The van der Waals surface area contributed by atoms with Gasteiger partial charge in [-0.2, -0.15) is 5.10 Å². The van der Waals surface area contributed by atoms with Gasteiger partial charge < -0.3 is 0 Å². The normalized spacial score (nSPS) is 13.6. The van der Waals surface area contributed by atoms with Crippen molar-refractivity contribution in [2.24, 2.45) is 5.10 Å². The Labute approximate surface area is 319 Å². The number of rotatable bonds is 6. The predicted molar refractivity (Wildman–Crippen MR) is 233 cm³/mol. The number of para-hydroxylation sites is 1. The minimum Gasteiger partial charge on any atom is -0.299 e. The Morgan fingerprint density at radius 2 is 1.09 bits per heavy atom. The van der Waals surface area contributed by atoms with E-state index in [1.54, 1.807) is 0 Å². The number of anilines is 1. The molecule has 0 radical (unpaired) electrons. The van der Waals surface area contributed by atoms with Crippen LogP contribution < -0.4 is 5.43 Å². The van der Waals surface area contributed by atoms with Crippen molar-refractivity contribution < 1.29 is 0 Å². The highest BCUT2D eigenvalue weighted by Crippen LogP contribution is 2.45. The average molecular weight is 703 g/mol. The van der Waals surface area contributed by atoms with Gasteiger partial charge in [0.25, 0.3) is 0 Å². The molecule has 0 amide bonds. The van der Waals surface area contributed by atoms with Gasteiger partial charge in [0, 0.05) is 17.1 Å². The maximum Gasteiger partial charge on any atom is 0.108 e. The van der Waals surface area contributed by atoms with E-state index in [-0.39, 0.29) is 0 Å². The van der Waals surface area contributed by atoms with E-state index in [0.29, 0.717) is 11.4 Å². The van der Waals surface area contributed by atoms with Crippen molar-refractivity contribution in [3.05, 3.63) is 200 Å². The van der Waals surface area contributed by atoms with E-state index in [2.05, 4.69) is 155 Å². The van der Waals surface area contributed by atoms with E-state index in [9.17, 15) is 0 Å². The molecule has 0 atom stereocenters. The summed E-state index contributed by atoms with van der Waals surface area (Å²) in [6.45, 7) is 0. The second kappa shape index (κ2) is 13.5. The van der Waals surface area contributed by atoms with Gasteiger partial charge in [0.15, 0.2) is 0 Å². The van der Waals surface area contributed by atoms with Crippen LogP contribution in [0, 0.1) is 5.41 Å². The summed E-state index contributed by atoms with van der Waals surface area (Å²) >= 11 is 0. The zero-order chi connectivity index (χ0) is 36.7. The average Bonchev–Trinajstić information content (AvgIpc) is 3.25. The van der Waals surface area contributed by atoms with Crippen LogP contribution in [0.1, 0.15) is 5.56 Å². The summed E-state index contributed by atoms with van der Waals surface area (Å²) in [5, 5.41) is 22.0. The molecule has 9 aromatic rings. The highest BCUT2D eigenvalue weighted by molar-refractivity contribution is 6.51. The molecule has 4 nitrogen and oxygen atoms in total. The number of benzene rings is 8. The van der Waals surface area contributed by atoms with Crippen molar-refractivity contribution >= 4 is 65.9 Å². The van der Waals surface area contributed by atoms with E-state index in [1.807, 2.05) is 54.8 Å². The lowest BCUT2D eigenvalue weighted by Gasteiger charge is -2.19. The Morgan fingerprint density at radius 1 is 0.473 bits per heavy atom. The number of aromatic nitrogens is 1. The maximum absolute atomic E-state index is 8.89. The molecule has 1 aromatic heterocycles. The highest BCUT2D eigenvalue weighted by atomic mass is 15.3. The molecule has 4 heteroatoms. The summed E-state index contributed by atoms with van der Waals surface area (Å²) < 4.78 is 0. The first-order valence-electron chi connectivity index (χ1n) is 18.5. The molecule has 1 aliphatic rings. The predicted octanol–water partition coefficient (Wildman–Crippen LogP) is 13.1. The number of nitrogens with one attached hydrogen (secondary N) is 2. The minimum atomic E-state index is 0.351. The quantitative estimate of drug-likeness (QED) is 0.103. The van der Waals surface area contributed by atoms with Crippen LogP contribution in [-0.4, -0.2) is 16.4 Å². The number of hydrogen-bond donors (Lipinski definition) is 2. The molecule has 8 aromatic carbocycles. The number of fused-ring (bicyclic) bond motifs is 4. The van der Waals surface area contributed by atoms with Crippen LogP contribution in [0.4, 0.5) is 5.69 Å². The van der Waals surface area contributed by atoms with Crippen molar-refractivity contribution in [2.75, 3.05) is 5.43 Å². The van der Waals surface area contributed by atoms with Gasteiger partial charge in [-0.25, -0.2) is 0 Å². The zero-order valence-electron chi connectivity index (χ0n) is 29.9. The fourth-order valence-electron chi connectivity index (χ4n) is 7.93. The van der Waals surface area contributed by atoms with Gasteiger partial charge in [-0.15, -0.1) is 0 Å². The Morgan fingerprint density at radius 3 is 1.84 bits per heavy atom. The first-order valence-corrected chi connectivity index (χ1v) is 18.5. The zero-order valence-corrected chi connectivity index (χ0v) is 29.9. The fourth-order valence-corrected chi connectivity index (χ4v) is 7.93. The van der Waals surface area contributed by atoms with Crippen LogP contribution in [0.3, 0.4) is 0 Å². The number of hydrazone groups is 1.